The molecule has 0 aliphatic carbocycles. The van der Waals surface area contributed by atoms with E-state index in [-0.39, 0.29) is 36.9 Å². The molecule has 0 aliphatic rings. The third-order valence-electron chi connectivity index (χ3n) is 6.31. The largest absolute Gasteiger partial charge is 0.449 e. The molecule has 0 fully saturated rings. The van der Waals surface area contributed by atoms with Gasteiger partial charge < -0.3 is 19.6 Å². The quantitative estimate of drug-likeness (QED) is 0.227. The Balaban J connectivity index is 1.58. The standard InChI is InChI=1S/C29H34N4O6S2/c1-20(2)16-33(41(36,37)25-11-9-23(10-12-25)26-18-38-21(3)32-26)27(13-22-7-5-4-6-8-22)28(34)15-31-29(35)39-17-24-14-30-19-40-24/h4-12,14,18-20,27-28,34H,13,15-17H2,1-3H3,(H,31,35). The summed E-state index contributed by atoms with van der Waals surface area (Å²) in [4.78, 5) is 21.5. The number of hydrogen-bond donors (Lipinski definition) is 2. The predicted molar refractivity (Wildman–Crippen MR) is 156 cm³/mol. The van der Waals surface area contributed by atoms with Crippen molar-refractivity contribution >= 4 is 27.5 Å². The minimum absolute atomic E-state index is 0.0371. The molecule has 2 atom stereocenters. The van der Waals surface area contributed by atoms with Crippen molar-refractivity contribution in [1.82, 2.24) is 19.6 Å². The summed E-state index contributed by atoms with van der Waals surface area (Å²) in [5.41, 5.74) is 3.82. The molecule has 10 nitrogen and oxygen atoms in total. The highest BCUT2D eigenvalue weighted by Crippen LogP contribution is 2.27. The van der Waals surface area contributed by atoms with Crippen LogP contribution in [0.2, 0.25) is 0 Å². The van der Waals surface area contributed by atoms with Gasteiger partial charge in [0.1, 0.15) is 18.6 Å². The molecule has 0 saturated heterocycles. The Morgan fingerprint density at radius 3 is 2.49 bits per heavy atom. The van der Waals surface area contributed by atoms with Gasteiger partial charge in [0.05, 0.1) is 27.4 Å². The van der Waals surface area contributed by atoms with E-state index in [2.05, 4.69) is 15.3 Å². The fourth-order valence-electron chi connectivity index (χ4n) is 4.31. The van der Waals surface area contributed by atoms with Crippen molar-refractivity contribution in [3.8, 4) is 11.3 Å². The van der Waals surface area contributed by atoms with Crippen molar-refractivity contribution in [1.29, 1.82) is 0 Å². The number of nitrogens with zero attached hydrogens (tertiary/aromatic N) is 3. The molecule has 4 rings (SSSR count). The van der Waals surface area contributed by atoms with Gasteiger partial charge in [-0.1, -0.05) is 56.3 Å². The van der Waals surface area contributed by atoms with Gasteiger partial charge in [0, 0.05) is 31.8 Å². The molecule has 1 amide bonds. The summed E-state index contributed by atoms with van der Waals surface area (Å²) in [6, 6.07) is 14.9. The van der Waals surface area contributed by atoms with Crippen LogP contribution in [-0.2, 0) is 27.8 Å². The molecule has 2 heterocycles. The molecule has 2 unspecified atom stereocenters. The van der Waals surface area contributed by atoms with Crippen LogP contribution in [0.15, 0.2) is 81.9 Å². The normalized spacial score (nSPS) is 13.3. The van der Waals surface area contributed by atoms with Gasteiger partial charge in [0.2, 0.25) is 10.0 Å². The summed E-state index contributed by atoms with van der Waals surface area (Å²) in [7, 11) is -4.05. The Morgan fingerprint density at radius 1 is 1.15 bits per heavy atom. The van der Waals surface area contributed by atoms with Crippen molar-refractivity contribution in [2.45, 2.75) is 50.8 Å². The van der Waals surface area contributed by atoms with E-state index in [0.717, 1.165) is 16.0 Å². The highest BCUT2D eigenvalue weighted by molar-refractivity contribution is 7.89. The van der Waals surface area contributed by atoms with E-state index in [1.165, 1.54) is 34.0 Å². The minimum atomic E-state index is -4.05. The van der Waals surface area contributed by atoms with E-state index in [9.17, 15) is 18.3 Å². The lowest BCUT2D eigenvalue weighted by molar-refractivity contribution is 0.0786. The molecule has 0 bridgehead atoms. The number of ether oxygens (including phenoxy) is 1. The number of aliphatic hydroxyl groups is 1. The highest BCUT2D eigenvalue weighted by Gasteiger charge is 2.36. The van der Waals surface area contributed by atoms with Crippen LogP contribution in [0.5, 0.6) is 0 Å². The number of alkyl carbamates (subject to hydrolysis) is 1. The molecule has 2 aromatic carbocycles. The highest BCUT2D eigenvalue weighted by atomic mass is 32.2. The van der Waals surface area contributed by atoms with Gasteiger partial charge in [-0.3, -0.25) is 4.98 Å². The summed E-state index contributed by atoms with van der Waals surface area (Å²) in [6.07, 6.45) is 1.43. The summed E-state index contributed by atoms with van der Waals surface area (Å²) < 4.78 is 40.0. The molecule has 12 heteroatoms. The molecule has 4 aromatic rings. The average molecular weight is 599 g/mol. The van der Waals surface area contributed by atoms with E-state index in [1.54, 1.807) is 30.8 Å². The van der Waals surface area contributed by atoms with Crippen LogP contribution in [0, 0.1) is 12.8 Å². The van der Waals surface area contributed by atoms with Crippen LogP contribution in [0.1, 0.15) is 30.2 Å². The summed E-state index contributed by atoms with van der Waals surface area (Å²) in [5, 5.41) is 13.9. The zero-order chi connectivity index (χ0) is 29.4. The van der Waals surface area contributed by atoms with Gasteiger partial charge in [-0.15, -0.1) is 11.3 Å². The summed E-state index contributed by atoms with van der Waals surface area (Å²) in [6.45, 7) is 5.58. The van der Waals surface area contributed by atoms with E-state index in [4.69, 9.17) is 9.15 Å². The lowest BCUT2D eigenvalue weighted by Gasteiger charge is -2.35. The second-order valence-electron chi connectivity index (χ2n) is 9.99. The number of amides is 1. The van der Waals surface area contributed by atoms with Gasteiger partial charge >= 0.3 is 6.09 Å². The number of carbonyl (C=O) groups is 1. The number of oxazole rings is 1. The van der Waals surface area contributed by atoms with E-state index < -0.39 is 28.3 Å². The monoisotopic (exact) mass is 598 g/mol. The molecule has 0 spiro atoms. The maximum absolute atomic E-state index is 14.1. The summed E-state index contributed by atoms with van der Waals surface area (Å²) in [5.74, 6) is 0.475. The first kappa shape index (κ1) is 30.4. The maximum atomic E-state index is 14.1. The first-order valence-corrected chi connectivity index (χ1v) is 15.5. The van der Waals surface area contributed by atoms with Gasteiger partial charge in [0.15, 0.2) is 5.89 Å². The second-order valence-corrected chi connectivity index (χ2v) is 12.9. The number of hydrogen-bond acceptors (Lipinski definition) is 9. The van der Waals surface area contributed by atoms with Gasteiger partial charge in [-0.05, 0) is 30.0 Å². The molecule has 2 aromatic heterocycles. The van der Waals surface area contributed by atoms with E-state index >= 15 is 0 Å². The van der Waals surface area contributed by atoms with Crippen LogP contribution in [-0.4, -0.2) is 59.1 Å². The zero-order valence-electron chi connectivity index (χ0n) is 23.1. The van der Waals surface area contributed by atoms with Crippen LogP contribution in [0.25, 0.3) is 11.3 Å². The van der Waals surface area contributed by atoms with Gasteiger partial charge in [-0.25, -0.2) is 18.2 Å². The van der Waals surface area contributed by atoms with Crippen molar-refractivity contribution in [3.05, 3.63) is 88.9 Å². The number of carbonyl (C=O) groups excluding carboxylic acids is 1. The first-order valence-electron chi connectivity index (χ1n) is 13.2. The number of aryl methyl sites for hydroxylation is 1. The van der Waals surface area contributed by atoms with Crippen molar-refractivity contribution in [3.63, 3.8) is 0 Å². The Hall–Kier alpha value is -3.58. The third kappa shape index (κ3) is 8.23. The predicted octanol–water partition coefficient (Wildman–Crippen LogP) is 4.65. The number of aromatic nitrogens is 2. The fourth-order valence-corrected chi connectivity index (χ4v) is 6.63. The lowest BCUT2D eigenvalue weighted by atomic mass is 10.0. The van der Waals surface area contributed by atoms with Crippen LogP contribution in [0.4, 0.5) is 4.79 Å². The van der Waals surface area contributed by atoms with Crippen LogP contribution >= 0.6 is 11.3 Å². The SMILES string of the molecule is Cc1nc(-c2ccc(S(=O)(=O)N(CC(C)C)C(Cc3ccccc3)C(O)CNC(=O)OCc3cncs3)cc2)co1. The first-order chi connectivity index (χ1) is 19.6. The number of thiazole rings is 1. The third-order valence-corrected chi connectivity index (χ3v) is 8.97. The fraction of sp³-hybridized carbons (Fsp3) is 0.345. The number of rotatable bonds is 13. The van der Waals surface area contributed by atoms with E-state index in [1.807, 2.05) is 44.2 Å². The lowest BCUT2D eigenvalue weighted by Crippen LogP contribution is -2.52. The number of aliphatic hydroxyl groups excluding tert-OH is 1. The van der Waals surface area contributed by atoms with Crippen molar-refractivity contribution in [2.75, 3.05) is 13.1 Å². The minimum Gasteiger partial charge on any atom is -0.449 e. The Morgan fingerprint density at radius 2 is 1.88 bits per heavy atom. The number of nitrogens with one attached hydrogen (secondary N) is 1. The summed E-state index contributed by atoms with van der Waals surface area (Å²) >= 11 is 1.36. The van der Waals surface area contributed by atoms with E-state index in [0.29, 0.717) is 11.6 Å². The second kappa shape index (κ2) is 13.9. The Labute approximate surface area is 244 Å². The Kier molecular flexibility index (Phi) is 10.3. The molecule has 2 N–H and O–H groups in total. The van der Waals surface area contributed by atoms with Crippen molar-refractivity contribution < 1.29 is 27.5 Å². The van der Waals surface area contributed by atoms with Crippen LogP contribution < -0.4 is 5.32 Å². The maximum Gasteiger partial charge on any atom is 0.407 e. The molecule has 0 aliphatic heterocycles. The van der Waals surface area contributed by atoms with Gasteiger partial charge in [0.25, 0.3) is 0 Å². The number of sulfonamides is 1. The molecular formula is C29H34N4O6S2. The molecular weight excluding hydrogens is 564 g/mol. The van der Waals surface area contributed by atoms with Gasteiger partial charge in [-0.2, -0.15) is 4.31 Å². The Bertz CT molecular complexity index is 1490. The topological polar surface area (TPSA) is 135 Å². The molecule has 41 heavy (non-hydrogen) atoms. The van der Waals surface area contributed by atoms with Crippen molar-refractivity contribution in [2.24, 2.45) is 5.92 Å². The zero-order valence-corrected chi connectivity index (χ0v) is 24.8. The smallest absolute Gasteiger partial charge is 0.407 e. The molecule has 0 saturated carbocycles. The van der Waals surface area contributed by atoms with Crippen LogP contribution in [0.3, 0.4) is 0 Å². The molecule has 0 radical (unpaired) electrons. The average Bonchev–Trinajstić information content (AvgIpc) is 3.65. The number of benzene rings is 2. The molecule has 218 valence electrons.